The van der Waals surface area contributed by atoms with E-state index in [1.54, 1.807) is 0 Å². The first-order valence-electron chi connectivity index (χ1n) is 19.5. The van der Waals surface area contributed by atoms with Crippen LogP contribution in [0.4, 0.5) is 0 Å². The Bertz CT molecular complexity index is 3300. The summed E-state index contributed by atoms with van der Waals surface area (Å²) >= 11 is 0. The van der Waals surface area contributed by atoms with E-state index in [9.17, 15) is 0 Å². The third kappa shape index (κ3) is 3.75. The van der Waals surface area contributed by atoms with Gasteiger partial charge < -0.3 is 4.74 Å². The molecule has 0 saturated heterocycles. The molecule has 0 N–H and O–H groups in total. The maximum absolute atomic E-state index is 6.59. The average molecular weight is 709 g/mol. The van der Waals surface area contributed by atoms with Gasteiger partial charge in [0.2, 0.25) is 0 Å². The van der Waals surface area contributed by atoms with Crippen LogP contribution in [-0.2, 0) is 5.41 Å². The molecule has 2 aliphatic carbocycles. The van der Waals surface area contributed by atoms with Gasteiger partial charge in [0, 0.05) is 10.9 Å². The predicted molar refractivity (Wildman–Crippen MR) is 232 cm³/mol. The smallest absolute Gasteiger partial charge is 0.135 e. The van der Waals surface area contributed by atoms with Crippen molar-refractivity contribution in [1.82, 2.24) is 0 Å². The monoisotopic (exact) mass is 708 g/mol. The first kappa shape index (κ1) is 30.1. The first-order chi connectivity index (χ1) is 27.8. The zero-order chi connectivity index (χ0) is 36.5. The zero-order valence-corrected chi connectivity index (χ0v) is 30.4. The lowest BCUT2D eigenvalue weighted by atomic mass is 9.69. The van der Waals surface area contributed by atoms with Crippen LogP contribution >= 0.6 is 0 Å². The topological polar surface area (TPSA) is 9.23 Å². The fourth-order valence-corrected chi connectivity index (χ4v) is 10.7. The second-order valence-corrected chi connectivity index (χ2v) is 15.5. The van der Waals surface area contributed by atoms with Crippen LogP contribution in [0.25, 0.3) is 88.0 Å². The molecule has 0 saturated carbocycles. The van der Waals surface area contributed by atoms with Crippen molar-refractivity contribution in [2.75, 3.05) is 0 Å². The summed E-state index contributed by atoms with van der Waals surface area (Å²) in [7, 11) is 0. The number of rotatable bonds is 2. The molecule has 1 heteroatoms. The molecule has 56 heavy (non-hydrogen) atoms. The van der Waals surface area contributed by atoms with E-state index >= 15 is 0 Å². The molecule has 1 heterocycles. The minimum Gasteiger partial charge on any atom is -0.456 e. The van der Waals surface area contributed by atoms with Gasteiger partial charge in [-0.15, -0.1) is 0 Å². The molecule has 0 amide bonds. The Morgan fingerprint density at radius 2 is 0.911 bits per heavy atom. The summed E-state index contributed by atoms with van der Waals surface area (Å²) in [5.74, 6) is 1.81. The Kier molecular flexibility index (Phi) is 5.89. The van der Waals surface area contributed by atoms with E-state index in [2.05, 4.69) is 188 Å². The van der Waals surface area contributed by atoms with Gasteiger partial charge in [0.15, 0.2) is 0 Å². The first-order valence-corrected chi connectivity index (χ1v) is 19.5. The van der Waals surface area contributed by atoms with Crippen molar-refractivity contribution in [3.63, 3.8) is 0 Å². The van der Waals surface area contributed by atoms with Gasteiger partial charge in [-0.3, -0.25) is 0 Å². The molecule has 3 aliphatic rings. The highest BCUT2D eigenvalue weighted by atomic mass is 16.5. The summed E-state index contributed by atoms with van der Waals surface area (Å²) in [6, 6.07) is 72.2. The largest absolute Gasteiger partial charge is 0.456 e. The molecule has 10 aromatic carbocycles. The van der Waals surface area contributed by atoms with Crippen LogP contribution in [-0.4, -0.2) is 0 Å². The van der Waals surface area contributed by atoms with Gasteiger partial charge in [0.1, 0.15) is 11.5 Å². The molecule has 13 rings (SSSR count). The van der Waals surface area contributed by atoms with Gasteiger partial charge in [-0.25, -0.2) is 0 Å². The van der Waals surface area contributed by atoms with Crippen LogP contribution in [0.15, 0.2) is 194 Å². The molecule has 1 aliphatic heterocycles. The summed E-state index contributed by atoms with van der Waals surface area (Å²) in [5, 5.41) is 7.42. The van der Waals surface area contributed by atoms with Crippen LogP contribution in [0, 0.1) is 0 Å². The van der Waals surface area contributed by atoms with E-state index in [-0.39, 0.29) is 0 Å². The molecule has 1 nitrogen and oxygen atoms in total. The number of ether oxygens (including phenoxy) is 1. The van der Waals surface area contributed by atoms with Crippen molar-refractivity contribution in [3.05, 3.63) is 216 Å². The van der Waals surface area contributed by atoms with E-state index in [0.29, 0.717) is 0 Å². The van der Waals surface area contributed by atoms with E-state index in [4.69, 9.17) is 4.74 Å². The number of hydrogen-bond acceptors (Lipinski definition) is 1. The lowest BCUT2D eigenvalue weighted by Gasteiger charge is -2.32. The second-order valence-electron chi connectivity index (χ2n) is 15.5. The van der Waals surface area contributed by atoms with Crippen molar-refractivity contribution in [2.45, 2.75) is 5.41 Å². The maximum atomic E-state index is 6.59. The van der Waals surface area contributed by atoms with Crippen LogP contribution in [0.3, 0.4) is 0 Å². The number of hydrogen-bond donors (Lipinski definition) is 0. The van der Waals surface area contributed by atoms with Crippen molar-refractivity contribution in [2.24, 2.45) is 0 Å². The van der Waals surface area contributed by atoms with Crippen molar-refractivity contribution >= 4 is 32.3 Å². The van der Waals surface area contributed by atoms with E-state index in [0.717, 1.165) is 22.4 Å². The number of benzene rings is 10. The Labute approximate surface area is 324 Å². The zero-order valence-electron chi connectivity index (χ0n) is 30.4. The number of fused-ring (bicyclic) bond motifs is 15. The van der Waals surface area contributed by atoms with Crippen LogP contribution < -0.4 is 4.74 Å². The van der Waals surface area contributed by atoms with Gasteiger partial charge in [-0.05, 0) is 124 Å². The van der Waals surface area contributed by atoms with Gasteiger partial charge in [0.25, 0.3) is 0 Å². The lowest BCUT2D eigenvalue weighted by Crippen LogP contribution is -2.26. The Morgan fingerprint density at radius 3 is 1.73 bits per heavy atom. The fraction of sp³-hybridized carbons (Fsp3) is 0.0182. The fourth-order valence-electron chi connectivity index (χ4n) is 10.7. The van der Waals surface area contributed by atoms with Crippen molar-refractivity contribution < 1.29 is 4.74 Å². The molecule has 258 valence electrons. The van der Waals surface area contributed by atoms with Crippen molar-refractivity contribution in [3.8, 4) is 67.1 Å². The molecule has 0 unspecified atom stereocenters. The Hall–Kier alpha value is -7.22. The summed E-state index contributed by atoms with van der Waals surface area (Å²) in [5.41, 5.74) is 17.4. The molecule has 0 aromatic heterocycles. The molecule has 0 radical (unpaired) electrons. The molecular formula is C55H32O. The summed E-state index contributed by atoms with van der Waals surface area (Å²) in [6.45, 7) is 0. The third-order valence-corrected chi connectivity index (χ3v) is 12.9. The minimum atomic E-state index is -0.525. The van der Waals surface area contributed by atoms with Crippen molar-refractivity contribution in [1.29, 1.82) is 0 Å². The van der Waals surface area contributed by atoms with Gasteiger partial charge in [-0.2, -0.15) is 0 Å². The van der Waals surface area contributed by atoms with Crippen LogP contribution in [0.1, 0.15) is 22.3 Å². The highest BCUT2D eigenvalue weighted by molar-refractivity contribution is 6.13. The molecule has 10 aromatic rings. The summed E-state index contributed by atoms with van der Waals surface area (Å²) < 4.78 is 6.59. The average Bonchev–Trinajstić information content (AvgIpc) is 3.74. The third-order valence-electron chi connectivity index (χ3n) is 12.9. The number of para-hydroxylation sites is 1. The molecule has 1 spiro atoms. The van der Waals surface area contributed by atoms with Gasteiger partial charge >= 0.3 is 0 Å². The Balaban J connectivity index is 1.22. The quantitative estimate of drug-likeness (QED) is 0.174. The maximum Gasteiger partial charge on any atom is 0.135 e. The standard InChI is InChI=1S/C55H32O/c1-3-16-36-33(13-1)15-11-21-39(36)46-31-35(37-29-30-51-53-43(37)22-12-23-44(53)42-20-7-10-26-50(42)56-51)32-49-52(46)45-28-27-34-14-2-4-17-38(34)54(45)55(49)47-24-8-5-18-40(47)41-19-6-9-25-48(41)55/h1-32H. The van der Waals surface area contributed by atoms with Crippen LogP contribution in [0.5, 0.6) is 11.5 Å². The minimum absolute atomic E-state index is 0.525. The highest BCUT2D eigenvalue weighted by Gasteiger charge is 2.53. The van der Waals surface area contributed by atoms with Gasteiger partial charge in [-0.1, -0.05) is 170 Å². The SMILES string of the molecule is c1ccc2c(c1)Oc1ccc(-c3cc(-c4cccc5ccccc45)c4c(c3)C3(c5ccccc5-c5ccccc53)c3c-4ccc4ccccc34)c3cccc-2c13. The molecule has 0 atom stereocenters. The van der Waals surface area contributed by atoms with E-state index in [1.807, 2.05) is 6.07 Å². The normalized spacial score (nSPS) is 13.6. The van der Waals surface area contributed by atoms with Crippen LogP contribution in [0.2, 0.25) is 0 Å². The lowest BCUT2D eigenvalue weighted by molar-refractivity contribution is 0.487. The Morgan fingerprint density at radius 1 is 0.321 bits per heavy atom. The summed E-state index contributed by atoms with van der Waals surface area (Å²) in [4.78, 5) is 0. The predicted octanol–water partition coefficient (Wildman–Crippen LogP) is 14.6. The second kappa shape index (κ2) is 10.9. The van der Waals surface area contributed by atoms with E-state index in [1.165, 1.54) is 99.3 Å². The molecule has 0 fully saturated rings. The highest BCUT2D eigenvalue weighted by Crippen LogP contribution is 2.66. The molecule has 0 bridgehead atoms. The van der Waals surface area contributed by atoms with E-state index < -0.39 is 5.41 Å². The molecular weight excluding hydrogens is 677 g/mol. The summed E-state index contributed by atoms with van der Waals surface area (Å²) in [6.07, 6.45) is 0. The van der Waals surface area contributed by atoms with Gasteiger partial charge in [0.05, 0.1) is 5.41 Å².